The normalized spacial score (nSPS) is 10.9. The van der Waals surface area contributed by atoms with Crippen molar-refractivity contribution in [2.24, 2.45) is 0 Å². The van der Waals surface area contributed by atoms with Crippen LogP contribution in [-0.4, -0.2) is 50.8 Å². The van der Waals surface area contributed by atoms with Crippen molar-refractivity contribution in [1.29, 1.82) is 0 Å². The van der Waals surface area contributed by atoms with E-state index in [1.807, 2.05) is 18.2 Å². The van der Waals surface area contributed by atoms with E-state index in [2.05, 4.69) is 53.4 Å². The average molecular weight is 546 g/mol. The molecule has 0 aromatic heterocycles. The lowest BCUT2D eigenvalue weighted by Crippen LogP contribution is -2.27. The molecule has 0 atom stereocenters. The van der Waals surface area contributed by atoms with Crippen LogP contribution >= 0.6 is 0 Å². The Morgan fingerprint density at radius 2 is 1.43 bits per heavy atom. The number of ether oxygens (including phenoxy) is 3. The van der Waals surface area contributed by atoms with Crippen molar-refractivity contribution < 1.29 is 23.8 Å². The number of nitrogens with zero attached hydrogens (tertiary/aromatic N) is 1. The first-order valence-corrected chi connectivity index (χ1v) is 14.3. The zero-order valence-corrected chi connectivity index (χ0v) is 24.0. The summed E-state index contributed by atoms with van der Waals surface area (Å²) in [5.41, 5.74) is 4.26. The van der Waals surface area contributed by atoms with Gasteiger partial charge in [0.1, 0.15) is 5.75 Å². The first kappa shape index (κ1) is 30.9. The summed E-state index contributed by atoms with van der Waals surface area (Å²) in [6.07, 6.45) is 7.44. The molecular weight excluding hydrogens is 502 g/mol. The number of para-hydroxylation sites is 1. The van der Waals surface area contributed by atoms with Gasteiger partial charge >= 0.3 is 11.9 Å². The van der Waals surface area contributed by atoms with Crippen molar-refractivity contribution in [2.75, 3.05) is 33.9 Å². The van der Waals surface area contributed by atoms with Crippen LogP contribution in [0, 0.1) is 0 Å². The van der Waals surface area contributed by atoms with E-state index in [0.29, 0.717) is 12.0 Å². The molecule has 6 nitrogen and oxygen atoms in total. The number of methoxy groups -OCH3 is 2. The summed E-state index contributed by atoms with van der Waals surface area (Å²) in [5, 5.41) is 0. The van der Waals surface area contributed by atoms with Crippen molar-refractivity contribution in [2.45, 2.75) is 57.9 Å². The van der Waals surface area contributed by atoms with Crippen LogP contribution in [0.2, 0.25) is 0 Å². The van der Waals surface area contributed by atoms with Crippen LogP contribution in [0.4, 0.5) is 0 Å². The summed E-state index contributed by atoms with van der Waals surface area (Å²) >= 11 is 0. The molecule has 3 rings (SSSR count). The van der Waals surface area contributed by atoms with Gasteiger partial charge in [-0.1, -0.05) is 60.7 Å². The monoisotopic (exact) mass is 545 g/mol. The van der Waals surface area contributed by atoms with Crippen molar-refractivity contribution in [3.63, 3.8) is 0 Å². The third-order valence-corrected chi connectivity index (χ3v) is 6.99. The number of carbonyl (C=O) groups excluding carboxylic acids is 2. The van der Waals surface area contributed by atoms with E-state index in [0.717, 1.165) is 76.1 Å². The fraction of sp³-hybridized carbons (Fsp3) is 0.412. The Bertz CT molecular complexity index is 1150. The van der Waals surface area contributed by atoms with Crippen LogP contribution < -0.4 is 4.74 Å². The topological polar surface area (TPSA) is 65.1 Å². The van der Waals surface area contributed by atoms with Crippen LogP contribution in [0.25, 0.3) is 0 Å². The number of aryl methyl sites for hydroxylation is 1. The van der Waals surface area contributed by atoms with Crippen LogP contribution in [0.15, 0.2) is 78.9 Å². The quantitative estimate of drug-likeness (QED) is 0.132. The Balaban J connectivity index is 1.51. The van der Waals surface area contributed by atoms with Crippen LogP contribution in [-0.2, 0) is 33.7 Å². The molecule has 0 aliphatic rings. The van der Waals surface area contributed by atoms with Gasteiger partial charge in [0.05, 0.1) is 26.4 Å². The number of rotatable bonds is 18. The molecule has 0 unspecified atom stereocenters. The molecule has 6 heteroatoms. The van der Waals surface area contributed by atoms with Crippen LogP contribution in [0.1, 0.15) is 65.6 Å². The zero-order chi connectivity index (χ0) is 28.4. The van der Waals surface area contributed by atoms with Crippen LogP contribution in [0.5, 0.6) is 5.75 Å². The lowest BCUT2D eigenvalue weighted by molar-refractivity contribution is -0.140. The number of hydrogen-bond donors (Lipinski definition) is 0. The average Bonchev–Trinajstić information content (AvgIpc) is 3.00. The highest BCUT2D eigenvalue weighted by molar-refractivity contribution is 5.89. The van der Waals surface area contributed by atoms with Crippen molar-refractivity contribution in [1.82, 2.24) is 4.90 Å². The second-order valence-electron chi connectivity index (χ2n) is 10.0. The van der Waals surface area contributed by atoms with E-state index in [1.165, 1.54) is 31.8 Å². The molecule has 0 aliphatic heterocycles. The molecule has 0 radical (unpaired) electrons. The van der Waals surface area contributed by atoms with Gasteiger partial charge in [-0.15, -0.1) is 0 Å². The van der Waals surface area contributed by atoms with E-state index in [4.69, 9.17) is 14.2 Å². The minimum atomic E-state index is -0.334. The first-order chi connectivity index (χ1) is 19.6. The van der Waals surface area contributed by atoms with Gasteiger partial charge in [0.2, 0.25) is 0 Å². The number of benzene rings is 3. The maximum Gasteiger partial charge on any atom is 0.337 e. The van der Waals surface area contributed by atoms with Gasteiger partial charge < -0.3 is 14.2 Å². The lowest BCUT2D eigenvalue weighted by Gasteiger charge is -2.23. The predicted molar refractivity (Wildman–Crippen MR) is 159 cm³/mol. The smallest absolute Gasteiger partial charge is 0.337 e. The lowest BCUT2D eigenvalue weighted by atomic mass is 10.1. The Kier molecular flexibility index (Phi) is 13.8. The molecule has 0 fully saturated rings. The Hall–Kier alpha value is -3.64. The van der Waals surface area contributed by atoms with E-state index in [1.54, 1.807) is 12.1 Å². The highest BCUT2D eigenvalue weighted by atomic mass is 16.5. The molecular formula is C34H43NO5. The minimum absolute atomic E-state index is 0.170. The van der Waals surface area contributed by atoms with Gasteiger partial charge in [0.15, 0.2) is 0 Å². The Morgan fingerprint density at radius 3 is 2.17 bits per heavy atom. The first-order valence-electron chi connectivity index (χ1n) is 14.3. The van der Waals surface area contributed by atoms with Gasteiger partial charge in [0, 0.05) is 19.5 Å². The van der Waals surface area contributed by atoms with E-state index in [9.17, 15) is 9.59 Å². The highest BCUT2D eigenvalue weighted by Crippen LogP contribution is 2.20. The SMILES string of the molecule is COC(=O)CCCCN(CCc1ccccc1OCCCCCc1ccccc1)Cc1ccc(C(=O)OC)cc1. The van der Waals surface area contributed by atoms with Crippen molar-refractivity contribution in [3.05, 3.63) is 101 Å². The Labute approximate surface area is 239 Å². The van der Waals surface area contributed by atoms with Crippen molar-refractivity contribution in [3.8, 4) is 5.75 Å². The zero-order valence-electron chi connectivity index (χ0n) is 24.0. The molecule has 0 amide bonds. The van der Waals surface area contributed by atoms with Gasteiger partial charge in [0.25, 0.3) is 0 Å². The van der Waals surface area contributed by atoms with Gasteiger partial charge in [-0.2, -0.15) is 0 Å². The molecule has 0 heterocycles. The second-order valence-corrected chi connectivity index (χ2v) is 10.0. The maximum absolute atomic E-state index is 11.8. The fourth-order valence-electron chi connectivity index (χ4n) is 4.66. The molecule has 0 spiro atoms. The molecule has 0 bridgehead atoms. The number of hydrogen-bond acceptors (Lipinski definition) is 6. The largest absolute Gasteiger partial charge is 0.493 e. The Morgan fingerprint density at radius 1 is 0.675 bits per heavy atom. The fourth-order valence-corrected chi connectivity index (χ4v) is 4.66. The van der Waals surface area contributed by atoms with Gasteiger partial charge in [-0.05, 0) is 86.4 Å². The number of esters is 2. The third kappa shape index (κ3) is 11.2. The third-order valence-electron chi connectivity index (χ3n) is 6.99. The van der Waals surface area contributed by atoms with Gasteiger partial charge in [-0.25, -0.2) is 4.79 Å². The molecule has 0 N–H and O–H groups in total. The summed E-state index contributed by atoms with van der Waals surface area (Å²) in [4.78, 5) is 25.7. The maximum atomic E-state index is 11.8. The molecule has 3 aromatic rings. The number of carbonyl (C=O) groups is 2. The molecule has 0 saturated heterocycles. The van der Waals surface area contributed by atoms with Crippen molar-refractivity contribution >= 4 is 11.9 Å². The molecule has 0 aliphatic carbocycles. The van der Waals surface area contributed by atoms with Crippen LogP contribution in [0.3, 0.4) is 0 Å². The number of unbranched alkanes of at least 4 members (excludes halogenated alkanes) is 3. The second kappa shape index (κ2) is 17.9. The molecule has 0 saturated carbocycles. The molecule has 3 aromatic carbocycles. The summed E-state index contributed by atoms with van der Waals surface area (Å²) in [7, 11) is 2.82. The minimum Gasteiger partial charge on any atom is -0.493 e. The molecule has 40 heavy (non-hydrogen) atoms. The summed E-state index contributed by atoms with van der Waals surface area (Å²) in [5.74, 6) is 0.453. The molecule has 214 valence electrons. The standard InChI is InChI=1S/C34H43NO5/c1-38-33(36)18-10-11-24-35(27-29-19-21-31(22-20-29)34(37)39-2)25-23-30-16-8-9-17-32(30)40-26-12-4-7-15-28-13-5-3-6-14-28/h3,5-6,8-9,13-14,16-17,19-22H,4,7,10-12,15,18,23-27H2,1-2H3. The van der Waals surface area contributed by atoms with Gasteiger partial charge in [-0.3, -0.25) is 9.69 Å². The highest BCUT2D eigenvalue weighted by Gasteiger charge is 2.11. The van der Waals surface area contributed by atoms with E-state index in [-0.39, 0.29) is 11.9 Å². The van der Waals surface area contributed by atoms with E-state index >= 15 is 0 Å². The summed E-state index contributed by atoms with van der Waals surface area (Å²) in [6, 6.07) is 26.5. The van der Waals surface area contributed by atoms with E-state index < -0.39 is 0 Å². The summed E-state index contributed by atoms with van der Waals surface area (Å²) in [6.45, 7) is 3.19. The predicted octanol–water partition coefficient (Wildman–Crippen LogP) is 6.65. The summed E-state index contributed by atoms with van der Waals surface area (Å²) < 4.78 is 15.8.